The van der Waals surface area contributed by atoms with Gasteiger partial charge in [0, 0.05) is 6.07 Å². The summed E-state index contributed by atoms with van der Waals surface area (Å²) in [4.78, 5) is 0. The SMILES string of the molecule is [Br][Zn][Br].[CH2]c1cc(F)cc(F)c1. The van der Waals surface area contributed by atoms with E-state index in [9.17, 15) is 8.78 Å². The van der Waals surface area contributed by atoms with Crippen LogP contribution in [0.15, 0.2) is 18.2 Å². The molecular weight excluding hydrogens is 347 g/mol. The summed E-state index contributed by atoms with van der Waals surface area (Å²) in [5.41, 5.74) is 0.354. The molecule has 12 heavy (non-hydrogen) atoms. The molecule has 0 aliphatic heterocycles. The number of benzene rings is 1. The summed E-state index contributed by atoms with van der Waals surface area (Å²) in [7, 11) is 0. The molecule has 0 amide bonds. The van der Waals surface area contributed by atoms with Crippen molar-refractivity contribution in [1.82, 2.24) is 0 Å². The molecule has 0 saturated carbocycles. The van der Waals surface area contributed by atoms with Crippen molar-refractivity contribution in [3.05, 3.63) is 42.3 Å². The zero-order valence-electron chi connectivity index (χ0n) is 6.16. The van der Waals surface area contributed by atoms with Gasteiger partial charge in [-0.2, -0.15) is 0 Å². The molecule has 0 unspecified atom stereocenters. The molecule has 5 heteroatoms. The smallest absolute Gasteiger partial charge is 0.126 e. The van der Waals surface area contributed by atoms with Crippen molar-refractivity contribution in [3.63, 3.8) is 0 Å². The summed E-state index contributed by atoms with van der Waals surface area (Å²) in [6.45, 7) is 3.36. The maximum Gasteiger partial charge on any atom is 0.126 e. The fourth-order valence-electron chi connectivity index (χ4n) is 0.611. The predicted molar refractivity (Wildman–Crippen MR) is 48.7 cm³/mol. The van der Waals surface area contributed by atoms with Crippen LogP contribution in [0.2, 0.25) is 0 Å². The normalized spacial score (nSPS) is 8.08. The van der Waals surface area contributed by atoms with E-state index in [-0.39, 0.29) is 13.2 Å². The standard InChI is InChI=1S/C7H5F2.2BrH.Zn/c1-5-2-6(8)4-7(9)3-5;;;/h2-4H,1H2;2*1H;/q;;;+2/p-2. The van der Waals surface area contributed by atoms with Gasteiger partial charge >= 0.3 is 40.5 Å². The van der Waals surface area contributed by atoms with Crippen LogP contribution in [0.25, 0.3) is 0 Å². The van der Waals surface area contributed by atoms with Crippen LogP contribution >= 0.6 is 27.2 Å². The maximum absolute atomic E-state index is 12.1. The van der Waals surface area contributed by atoms with E-state index in [0.717, 1.165) is 6.07 Å². The summed E-state index contributed by atoms with van der Waals surface area (Å²) in [5.74, 6) is -1.17. The number of rotatable bonds is 0. The molecular formula is C7H5Br2F2Zn. The third-order valence-electron chi connectivity index (χ3n) is 0.922. The minimum absolute atomic E-state index is 0.250. The maximum atomic E-state index is 12.1. The summed E-state index contributed by atoms with van der Waals surface area (Å²) >= 11 is 6.25. The first kappa shape index (κ1) is 12.7. The molecule has 1 radical (unpaired) electrons. The summed E-state index contributed by atoms with van der Waals surface area (Å²) in [6.07, 6.45) is 0. The van der Waals surface area contributed by atoms with Crippen molar-refractivity contribution in [1.29, 1.82) is 0 Å². The number of halogens is 4. The monoisotopic (exact) mass is 349 g/mol. The number of hydrogen-bond acceptors (Lipinski definition) is 0. The summed E-state index contributed by atoms with van der Waals surface area (Å²) in [5, 5.41) is 0. The molecule has 0 atom stereocenters. The molecule has 1 rings (SSSR count). The molecule has 0 aromatic heterocycles. The largest absolute Gasteiger partial charge is 0.207 e. The fraction of sp³-hybridized carbons (Fsp3) is 0. The first-order valence-corrected chi connectivity index (χ1v) is 16.9. The molecule has 0 N–H and O–H groups in total. The van der Waals surface area contributed by atoms with Crippen LogP contribution in [0.1, 0.15) is 5.56 Å². The van der Waals surface area contributed by atoms with Gasteiger partial charge in [0.2, 0.25) is 0 Å². The van der Waals surface area contributed by atoms with E-state index in [1.165, 1.54) is 12.1 Å². The van der Waals surface area contributed by atoms with E-state index in [1.54, 1.807) is 0 Å². The van der Waals surface area contributed by atoms with E-state index >= 15 is 0 Å². The molecule has 63 valence electrons. The van der Waals surface area contributed by atoms with Crippen LogP contribution < -0.4 is 0 Å². The Morgan fingerprint density at radius 1 is 1.08 bits per heavy atom. The molecule has 0 nitrogen and oxygen atoms in total. The summed E-state index contributed by atoms with van der Waals surface area (Å²) < 4.78 is 24.3. The number of hydrogen-bond donors (Lipinski definition) is 0. The third kappa shape index (κ3) is 6.21. The second-order valence-electron chi connectivity index (χ2n) is 1.88. The Morgan fingerprint density at radius 2 is 1.42 bits per heavy atom. The van der Waals surface area contributed by atoms with Crippen LogP contribution in [0.4, 0.5) is 8.78 Å². The Hall–Kier alpha value is 0.663. The molecule has 1 aromatic carbocycles. The average molecular weight is 352 g/mol. The molecule has 1 aromatic rings. The summed E-state index contributed by atoms with van der Waals surface area (Å²) in [6, 6.07) is 3.15. The zero-order valence-corrected chi connectivity index (χ0v) is 12.3. The molecule has 0 fully saturated rings. The fourth-order valence-corrected chi connectivity index (χ4v) is 0.611. The van der Waals surface area contributed by atoms with Gasteiger partial charge in [0.25, 0.3) is 0 Å². The van der Waals surface area contributed by atoms with Crippen LogP contribution in [0, 0.1) is 18.6 Å². The van der Waals surface area contributed by atoms with Gasteiger partial charge < -0.3 is 0 Å². The van der Waals surface area contributed by atoms with Gasteiger partial charge in [-0.3, -0.25) is 0 Å². The van der Waals surface area contributed by atoms with Gasteiger partial charge in [-0.05, 0) is 24.6 Å². The van der Waals surface area contributed by atoms with Crippen LogP contribution in [0.3, 0.4) is 0 Å². The molecule has 0 aliphatic rings. The quantitative estimate of drug-likeness (QED) is 0.623. The van der Waals surface area contributed by atoms with Crippen LogP contribution in [0.5, 0.6) is 0 Å². The minimum Gasteiger partial charge on any atom is -0.207 e. The van der Waals surface area contributed by atoms with Gasteiger partial charge in [0.1, 0.15) is 11.6 Å². The molecule has 0 heterocycles. The average Bonchev–Trinajstić information content (AvgIpc) is 1.84. The third-order valence-corrected chi connectivity index (χ3v) is 0.922. The van der Waals surface area contributed by atoms with Crippen molar-refractivity contribution < 1.29 is 22.0 Å². The second kappa shape index (κ2) is 7.10. The van der Waals surface area contributed by atoms with E-state index in [0.29, 0.717) is 5.56 Å². The van der Waals surface area contributed by atoms with Gasteiger partial charge in [0.15, 0.2) is 0 Å². The molecule has 0 bridgehead atoms. The Kier molecular flexibility index (Phi) is 7.50. The van der Waals surface area contributed by atoms with Gasteiger partial charge in [-0.1, -0.05) is 0 Å². The van der Waals surface area contributed by atoms with Gasteiger partial charge in [-0.25, -0.2) is 8.78 Å². The van der Waals surface area contributed by atoms with E-state index < -0.39 is 11.6 Å². The molecule has 0 spiro atoms. The van der Waals surface area contributed by atoms with Crippen molar-refractivity contribution in [3.8, 4) is 0 Å². The van der Waals surface area contributed by atoms with E-state index in [4.69, 9.17) is 0 Å². The van der Waals surface area contributed by atoms with Crippen molar-refractivity contribution in [2.24, 2.45) is 0 Å². The first-order chi connectivity index (χ1) is 5.60. The van der Waals surface area contributed by atoms with E-state index in [1.807, 2.05) is 0 Å². The topological polar surface area (TPSA) is 0 Å². The first-order valence-electron chi connectivity index (χ1n) is 3.00. The molecule has 0 aliphatic carbocycles. The van der Waals surface area contributed by atoms with Crippen molar-refractivity contribution in [2.45, 2.75) is 0 Å². The van der Waals surface area contributed by atoms with Crippen LogP contribution in [-0.4, -0.2) is 0 Å². The zero-order chi connectivity index (χ0) is 9.56. The Bertz CT molecular complexity index is 192. The van der Waals surface area contributed by atoms with Gasteiger partial charge in [-0.15, -0.1) is 0 Å². The van der Waals surface area contributed by atoms with Gasteiger partial charge in [0.05, 0.1) is 0 Å². The Labute approximate surface area is 91.0 Å². The Morgan fingerprint density at radius 3 is 1.67 bits per heavy atom. The minimum atomic E-state index is -0.583. The van der Waals surface area contributed by atoms with Crippen molar-refractivity contribution >= 4 is 27.2 Å². The van der Waals surface area contributed by atoms with E-state index in [2.05, 4.69) is 34.2 Å². The second-order valence-corrected chi connectivity index (χ2v) is 15.9. The Balaban J connectivity index is 0.000000354. The van der Waals surface area contributed by atoms with Crippen molar-refractivity contribution in [2.75, 3.05) is 0 Å². The predicted octanol–water partition coefficient (Wildman–Crippen LogP) is 3.84. The van der Waals surface area contributed by atoms with Crippen LogP contribution in [-0.2, 0) is 13.2 Å². The molecule has 0 saturated heterocycles.